The Hall–Kier alpha value is -0.970. The van der Waals surface area contributed by atoms with Crippen molar-refractivity contribution in [1.82, 2.24) is 4.98 Å². The smallest absolute Gasteiger partial charge is 0.124 e. The van der Waals surface area contributed by atoms with Crippen molar-refractivity contribution < 1.29 is 4.39 Å². The molecule has 18 heavy (non-hydrogen) atoms. The third-order valence-corrected chi connectivity index (χ3v) is 3.71. The first-order valence-corrected chi connectivity index (χ1v) is 6.54. The van der Waals surface area contributed by atoms with Crippen molar-refractivity contribution >= 4 is 27.5 Å². The maximum Gasteiger partial charge on any atom is 0.124 e. The largest absolute Gasteiger partial charge is 0.324 e. The van der Waals surface area contributed by atoms with Gasteiger partial charge in [0, 0.05) is 22.9 Å². The number of halogens is 3. The summed E-state index contributed by atoms with van der Waals surface area (Å²) in [6, 6.07) is 6.11. The lowest BCUT2D eigenvalue weighted by molar-refractivity contribution is 0.624. The highest BCUT2D eigenvalue weighted by atomic mass is 79.9. The quantitative estimate of drug-likeness (QED) is 0.928. The summed E-state index contributed by atoms with van der Waals surface area (Å²) in [5.74, 6) is -0.277. The minimum atomic E-state index is -0.277. The molecule has 0 saturated heterocycles. The average Bonchev–Trinajstić information content (AvgIpc) is 2.33. The zero-order chi connectivity index (χ0) is 13.1. The summed E-state index contributed by atoms with van der Waals surface area (Å²) < 4.78 is 13.7. The Kier molecular flexibility index (Phi) is 4.32. The van der Waals surface area contributed by atoms with Gasteiger partial charge in [0.05, 0.1) is 5.02 Å². The molecule has 0 fully saturated rings. The molecule has 0 aliphatic carbocycles. The molecule has 94 valence electrons. The van der Waals surface area contributed by atoms with Crippen molar-refractivity contribution in [2.24, 2.45) is 5.73 Å². The van der Waals surface area contributed by atoms with E-state index in [1.165, 1.54) is 12.1 Å². The van der Waals surface area contributed by atoms with Crippen LogP contribution in [0.4, 0.5) is 4.39 Å². The summed E-state index contributed by atoms with van der Waals surface area (Å²) >= 11 is 9.36. The molecule has 0 aliphatic heterocycles. The summed E-state index contributed by atoms with van der Waals surface area (Å²) in [7, 11) is 0. The second kappa shape index (κ2) is 5.78. The van der Waals surface area contributed by atoms with Crippen molar-refractivity contribution in [2.75, 3.05) is 0 Å². The molecule has 2 rings (SSSR count). The van der Waals surface area contributed by atoms with Gasteiger partial charge in [-0.2, -0.15) is 0 Å². The summed E-state index contributed by atoms with van der Waals surface area (Å²) in [6.07, 6.45) is 3.79. The van der Waals surface area contributed by atoms with Crippen LogP contribution < -0.4 is 5.73 Å². The van der Waals surface area contributed by atoms with Crippen LogP contribution in [0.3, 0.4) is 0 Å². The first kappa shape index (κ1) is 13.5. The summed E-state index contributed by atoms with van der Waals surface area (Å²) in [4.78, 5) is 3.92. The lowest BCUT2D eigenvalue weighted by Crippen LogP contribution is -2.14. The Morgan fingerprint density at radius 3 is 2.83 bits per heavy atom. The highest BCUT2D eigenvalue weighted by molar-refractivity contribution is 9.10. The topological polar surface area (TPSA) is 38.9 Å². The molecule has 0 spiro atoms. The molecule has 1 aromatic heterocycles. The highest BCUT2D eigenvalue weighted by Gasteiger charge is 2.12. The van der Waals surface area contributed by atoms with Crippen LogP contribution in [-0.4, -0.2) is 4.98 Å². The molecule has 0 aliphatic rings. The molecular formula is C13H11BrClFN2. The fourth-order valence-electron chi connectivity index (χ4n) is 1.72. The van der Waals surface area contributed by atoms with Crippen LogP contribution in [0.25, 0.3) is 0 Å². The van der Waals surface area contributed by atoms with Crippen LogP contribution in [0.15, 0.2) is 41.1 Å². The summed E-state index contributed by atoms with van der Waals surface area (Å²) in [5.41, 5.74) is 7.89. The van der Waals surface area contributed by atoms with E-state index in [1.54, 1.807) is 24.5 Å². The zero-order valence-electron chi connectivity index (χ0n) is 9.41. The van der Waals surface area contributed by atoms with Gasteiger partial charge in [-0.3, -0.25) is 4.98 Å². The number of hydrogen-bond acceptors (Lipinski definition) is 2. The number of benzene rings is 1. The van der Waals surface area contributed by atoms with Gasteiger partial charge in [-0.1, -0.05) is 33.6 Å². The van der Waals surface area contributed by atoms with Gasteiger partial charge in [-0.05, 0) is 35.7 Å². The minimum absolute atomic E-state index is 0.248. The van der Waals surface area contributed by atoms with Gasteiger partial charge in [0.1, 0.15) is 5.82 Å². The zero-order valence-corrected chi connectivity index (χ0v) is 11.7. The molecule has 0 amide bonds. The molecule has 2 aromatic rings. The van der Waals surface area contributed by atoms with E-state index in [0.717, 1.165) is 11.1 Å². The van der Waals surface area contributed by atoms with E-state index in [-0.39, 0.29) is 11.9 Å². The van der Waals surface area contributed by atoms with E-state index in [1.807, 2.05) is 0 Å². The van der Waals surface area contributed by atoms with Crippen molar-refractivity contribution in [1.29, 1.82) is 0 Å². The molecule has 1 aromatic carbocycles. The first-order valence-electron chi connectivity index (χ1n) is 5.37. The standard InChI is InChI=1S/C13H11BrClFN2/c14-11-6-9(16)2-1-8(11)5-13(17)10-3-4-18-7-12(10)15/h1-4,6-7,13H,5,17H2. The lowest BCUT2D eigenvalue weighted by atomic mass is 10.0. The predicted molar refractivity (Wildman–Crippen MR) is 74.0 cm³/mol. The van der Waals surface area contributed by atoms with Crippen LogP contribution in [0.2, 0.25) is 5.02 Å². The van der Waals surface area contributed by atoms with Gasteiger partial charge in [-0.15, -0.1) is 0 Å². The van der Waals surface area contributed by atoms with E-state index >= 15 is 0 Å². The maximum atomic E-state index is 13.0. The van der Waals surface area contributed by atoms with Crippen LogP contribution in [0, 0.1) is 5.82 Å². The Balaban J connectivity index is 2.21. The van der Waals surface area contributed by atoms with Crippen molar-refractivity contribution in [3.05, 3.63) is 63.1 Å². The molecule has 0 radical (unpaired) electrons. The molecule has 0 saturated carbocycles. The fraction of sp³-hybridized carbons (Fsp3) is 0.154. The van der Waals surface area contributed by atoms with Crippen LogP contribution in [0.5, 0.6) is 0 Å². The number of aromatic nitrogens is 1. The molecule has 1 atom stereocenters. The van der Waals surface area contributed by atoms with Crippen LogP contribution in [-0.2, 0) is 6.42 Å². The number of nitrogens with two attached hydrogens (primary N) is 1. The van der Waals surface area contributed by atoms with Crippen LogP contribution in [0.1, 0.15) is 17.2 Å². The summed E-state index contributed by atoms with van der Waals surface area (Å²) in [6.45, 7) is 0. The summed E-state index contributed by atoms with van der Waals surface area (Å²) in [5, 5.41) is 0.545. The minimum Gasteiger partial charge on any atom is -0.324 e. The number of hydrogen-bond donors (Lipinski definition) is 1. The highest BCUT2D eigenvalue weighted by Crippen LogP contribution is 2.26. The van der Waals surface area contributed by atoms with Crippen molar-refractivity contribution in [3.8, 4) is 0 Å². The van der Waals surface area contributed by atoms with Gasteiger partial charge in [-0.25, -0.2) is 4.39 Å². The van der Waals surface area contributed by atoms with Crippen molar-refractivity contribution in [3.63, 3.8) is 0 Å². The molecule has 1 heterocycles. The Bertz CT molecular complexity index is 562. The first-order chi connectivity index (χ1) is 8.58. The molecule has 0 bridgehead atoms. The van der Waals surface area contributed by atoms with Gasteiger partial charge >= 0.3 is 0 Å². The monoisotopic (exact) mass is 328 g/mol. The van der Waals surface area contributed by atoms with Gasteiger partial charge < -0.3 is 5.73 Å². The molecule has 5 heteroatoms. The lowest BCUT2D eigenvalue weighted by Gasteiger charge is -2.14. The van der Waals surface area contributed by atoms with Gasteiger partial charge in [0.25, 0.3) is 0 Å². The third-order valence-electron chi connectivity index (χ3n) is 2.66. The normalized spacial score (nSPS) is 12.4. The van der Waals surface area contributed by atoms with E-state index in [9.17, 15) is 4.39 Å². The number of nitrogens with zero attached hydrogens (tertiary/aromatic N) is 1. The third kappa shape index (κ3) is 3.07. The number of pyridine rings is 1. The second-order valence-corrected chi connectivity index (χ2v) is 5.21. The van der Waals surface area contributed by atoms with E-state index in [2.05, 4.69) is 20.9 Å². The van der Waals surface area contributed by atoms with Crippen molar-refractivity contribution in [2.45, 2.75) is 12.5 Å². The molecular weight excluding hydrogens is 319 g/mol. The van der Waals surface area contributed by atoms with Crippen LogP contribution >= 0.6 is 27.5 Å². The van der Waals surface area contributed by atoms with Gasteiger partial charge in [0.15, 0.2) is 0 Å². The van der Waals surface area contributed by atoms with E-state index in [4.69, 9.17) is 17.3 Å². The Labute approximate surface area is 118 Å². The average molecular weight is 330 g/mol. The second-order valence-electron chi connectivity index (χ2n) is 3.94. The van der Waals surface area contributed by atoms with E-state index in [0.29, 0.717) is 15.9 Å². The maximum absolute atomic E-state index is 13.0. The molecule has 2 N–H and O–H groups in total. The molecule has 1 unspecified atom stereocenters. The Morgan fingerprint density at radius 2 is 2.17 bits per heavy atom. The molecule has 2 nitrogen and oxygen atoms in total. The predicted octanol–water partition coefficient (Wildman–Crippen LogP) is 3.88. The van der Waals surface area contributed by atoms with Gasteiger partial charge in [0.2, 0.25) is 0 Å². The SMILES string of the molecule is NC(Cc1ccc(F)cc1Br)c1ccncc1Cl. The fourth-order valence-corrected chi connectivity index (χ4v) is 2.49. The van der Waals surface area contributed by atoms with E-state index < -0.39 is 0 Å². The number of rotatable bonds is 3. The Morgan fingerprint density at radius 1 is 1.39 bits per heavy atom.